The zero-order valence-corrected chi connectivity index (χ0v) is 19.2. The molecule has 1 atom stereocenters. The molecule has 2 rings (SSSR count). The summed E-state index contributed by atoms with van der Waals surface area (Å²) in [6.45, 7) is 5.27. The van der Waals surface area contributed by atoms with E-state index in [4.69, 9.17) is 5.73 Å². The van der Waals surface area contributed by atoms with Crippen molar-refractivity contribution >= 4 is 41.8 Å². The van der Waals surface area contributed by atoms with Crippen molar-refractivity contribution in [1.82, 2.24) is 15.5 Å². The normalized spacial score (nSPS) is 16.7. The third-order valence-electron chi connectivity index (χ3n) is 4.62. The number of aliphatic imine (C=N–C) groups is 1. The van der Waals surface area contributed by atoms with E-state index in [2.05, 4.69) is 20.5 Å². The average molecular weight is 519 g/mol. The number of guanidine groups is 1. The molecule has 7 nitrogen and oxygen atoms in total. The van der Waals surface area contributed by atoms with Gasteiger partial charge in [0.05, 0.1) is 13.0 Å². The Morgan fingerprint density at radius 3 is 2.66 bits per heavy atom. The Morgan fingerprint density at radius 2 is 2.00 bits per heavy atom. The fourth-order valence-corrected chi connectivity index (χ4v) is 3.34. The number of carbonyl (C=O) groups excluding carboxylic acids is 2. The van der Waals surface area contributed by atoms with Gasteiger partial charge in [-0.2, -0.15) is 0 Å². The minimum Gasteiger partial charge on any atom is -0.370 e. The Hall–Kier alpha value is -1.91. The number of hydrogen-bond donors (Lipinski definition) is 3. The highest BCUT2D eigenvalue weighted by Gasteiger charge is 2.23. The van der Waals surface area contributed by atoms with Crippen LogP contribution < -0.4 is 16.4 Å². The van der Waals surface area contributed by atoms with Crippen LogP contribution in [-0.2, 0) is 16.0 Å². The standard InChI is InChI=1S/C20H30FN5O2.HI/c1-2-23-20(26-11-3-4-16(14-26)12-18(22)27)25-10-9-24-19(28)13-15-5-7-17(21)8-6-15;/h5-8,16H,2-4,9-14H2,1H3,(H2,22,27)(H,23,25)(H,24,28);1H. The second kappa shape index (κ2) is 13.3. The molecular formula is C20H31FIN5O2. The third kappa shape index (κ3) is 9.42. The topological polar surface area (TPSA) is 99.8 Å². The van der Waals surface area contributed by atoms with E-state index in [0.717, 1.165) is 44.0 Å². The SMILES string of the molecule is CCNC(=NCCNC(=O)Cc1ccc(F)cc1)N1CCCC(CC(N)=O)C1.I. The number of amides is 2. The van der Waals surface area contributed by atoms with Crippen LogP contribution in [0.4, 0.5) is 4.39 Å². The molecule has 0 aliphatic carbocycles. The lowest BCUT2D eigenvalue weighted by atomic mass is 9.95. The summed E-state index contributed by atoms with van der Waals surface area (Å²) in [5, 5.41) is 6.10. The van der Waals surface area contributed by atoms with Gasteiger partial charge in [-0.15, -0.1) is 24.0 Å². The molecule has 1 aromatic rings. The van der Waals surface area contributed by atoms with Crippen LogP contribution in [0.25, 0.3) is 0 Å². The summed E-state index contributed by atoms with van der Waals surface area (Å²) in [5.74, 6) is 0.351. The molecule has 1 heterocycles. The molecule has 9 heteroatoms. The molecular weight excluding hydrogens is 488 g/mol. The van der Waals surface area contributed by atoms with Gasteiger partial charge >= 0.3 is 0 Å². The first-order valence-electron chi connectivity index (χ1n) is 9.80. The summed E-state index contributed by atoms with van der Waals surface area (Å²) in [4.78, 5) is 29.9. The van der Waals surface area contributed by atoms with Gasteiger partial charge in [0.1, 0.15) is 5.82 Å². The van der Waals surface area contributed by atoms with E-state index in [1.165, 1.54) is 12.1 Å². The summed E-state index contributed by atoms with van der Waals surface area (Å²) < 4.78 is 12.9. The lowest BCUT2D eigenvalue weighted by molar-refractivity contribution is -0.120. The van der Waals surface area contributed by atoms with E-state index >= 15 is 0 Å². The molecule has 1 aliphatic heterocycles. The summed E-state index contributed by atoms with van der Waals surface area (Å²) in [7, 11) is 0. The first-order chi connectivity index (χ1) is 13.5. The van der Waals surface area contributed by atoms with Gasteiger partial charge < -0.3 is 21.3 Å². The Kier molecular flexibility index (Phi) is 11.6. The number of nitrogens with zero attached hydrogens (tertiary/aromatic N) is 2. The second-order valence-electron chi connectivity index (χ2n) is 7.01. The molecule has 0 saturated carbocycles. The lowest BCUT2D eigenvalue weighted by Crippen LogP contribution is -2.47. The van der Waals surface area contributed by atoms with Gasteiger partial charge in [0.25, 0.3) is 0 Å². The van der Waals surface area contributed by atoms with Crippen molar-refractivity contribution in [3.8, 4) is 0 Å². The van der Waals surface area contributed by atoms with Crippen molar-refractivity contribution in [3.05, 3.63) is 35.6 Å². The third-order valence-corrected chi connectivity index (χ3v) is 4.62. The quantitative estimate of drug-likeness (QED) is 0.211. The molecule has 29 heavy (non-hydrogen) atoms. The van der Waals surface area contributed by atoms with Crippen LogP contribution in [0.3, 0.4) is 0 Å². The van der Waals surface area contributed by atoms with Gasteiger partial charge in [0.2, 0.25) is 11.8 Å². The summed E-state index contributed by atoms with van der Waals surface area (Å²) in [6.07, 6.45) is 2.61. The van der Waals surface area contributed by atoms with E-state index in [-0.39, 0.29) is 53.9 Å². The van der Waals surface area contributed by atoms with E-state index in [1.54, 1.807) is 12.1 Å². The van der Waals surface area contributed by atoms with Crippen molar-refractivity contribution in [2.75, 3.05) is 32.7 Å². The minimum atomic E-state index is -0.315. The highest BCUT2D eigenvalue weighted by atomic mass is 127. The predicted molar refractivity (Wildman–Crippen MR) is 123 cm³/mol. The maximum atomic E-state index is 12.9. The van der Waals surface area contributed by atoms with Gasteiger partial charge in [-0.1, -0.05) is 12.1 Å². The van der Waals surface area contributed by atoms with Gasteiger partial charge in [-0.25, -0.2) is 4.39 Å². The molecule has 0 radical (unpaired) electrons. The maximum absolute atomic E-state index is 12.9. The number of nitrogens with two attached hydrogens (primary N) is 1. The van der Waals surface area contributed by atoms with Crippen molar-refractivity contribution in [2.45, 2.75) is 32.6 Å². The first-order valence-corrected chi connectivity index (χ1v) is 9.80. The number of halogens is 2. The average Bonchev–Trinajstić information content (AvgIpc) is 2.66. The molecule has 4 N–H and O–H groups in total. The van der Waals surface area contributed by atoms with E-state index in [0.29, 0.717) is 19.5 Å². The van der Waals surface area contributed by atoms with Gasteiger partial charge in [-0.3, -0.25) is 14.6 Å². The van der Waals surface area contributed by atoms with Crippen LogP contribution >= 0.6 is 24.0 Å². The molecule has 1 fully saturated rings. The fourth-order valence-electron chi connectivity index (χ4n) is 3.34. The number of primary amides is 1. The van der Waals surface area contributed by atoms with Crippen LogP contribution in [0.2, 0.25) is 0 Å². The van der Waals surface area contributed by atoms with Crippen molar-refractivity contribution < 1.29 is 14.0 Å². The summed E-state index contributed by atoms with van der Waals surface area (Å²) >= 11 is 0. The first kappa shape index (κ1) is 25.1. The number of hydrogen-bond acceptors (Lipinski definition) is 3. The highest BCUT2D eigenvalue weighted by molar-refractivity contribution is 14.0. The van der Waals surface area contributed by atoms with Crippen molar-refractivity contribution in [2.24, 2.45) is 16.6 Å². The Morgan fingerprint density at radius 1 is 1.28 bits per heavy atom. The number of carbonyl (C=O) groups is 2. The molecule has 162 valence electrons. The number of nitrogens with one attached hydrogen (secondary N) is 2. The number of rotatable bonds is 8. The van der Waals surface area contributed by atoms with E-state index in [1.807, 2.05) is 6.92 Å². The summed E-state index contributed by atoms with van der Waals surface area (Å²) in [6, 6.07) is 5.91. The molecule has 1 saturated heterocycles. The monoisotopic (exact) mass is 519 g/mol. The maximum Gasteiger partial charge on any atom is 0.224 e. The van der Waals surface area contributed by atoms with Gasteiger partial charge in [0.15, 0.2) is 5.96 Å². The van der Waals surface area contributed by atoms with Crippen LogP contribution in [0.1, 0.15) is 31.7 Å². The molecule has 1 aromatic carbocycles. The predicted octanol–water partition coefficient (Wildman–Crippen LogP) is 1.66. The van der Waals surface area contributed by atoms with Crippen LogP contribution in [0.15, 0.2) is 29.3 Å². The number of likely N-dealkylation sites (tertiary alicyclic amines) is 1. The van der Waals surface area contributed by atoms with Gasteiger partial charge in [0, 0.05) is 32.6 Å². The lowest BCUT2D eigenvalue weighted by Gasteiger charge is -2.34. The van der Waals surface area contributed by atoms with Crippen molar-refractivity contribution in [3.63, 3.8) is 0 Å². The zero-order valence-electron chi connectivity index (χ0n) is 16.8. The Labute approximate surface area is 188 Å². The molecule has 0 spiro atoms. The second-order valence-corrected chi connectivity index (χ2v) is 7.01. The van der Waals surface area contributed by atoms with E-state index < -0.39 is 0 Å². The molecule has 0 bridgehead atoms. The van der Waals surface area contributed by atoms with Crippen LogP contribution in [0, 0.1) is 11.7 Å². The smallest absolute Gasteiger partial charge is 0.224 e. The fraction of sp³-hybridized carbons (Fsp3) is 0.550. The minimum absolute atomic E-state index is 0. The zero-order chi connectivity index (χ0) is 20.4. The van der Waals surface area contributed by atoms with E-state index in [9.17, 15) is 14.0 Å². The Balaban J connectivity index is 0.00000420. The number of benzene rings is 1. The molecule has 1 aliphatic rings. The Bertz CT molecular complexity index is 684. The van der Waals surface area contributed by atoms with Crippen LogP contribution in [0.5, 0.6) is 0 Å². The largest absolute Gasteiger partial charge is 0.370 e. The van der Waals surface area contributed by atoms with Gasteiger partial charge in [-0.05, 0) is 43.4 Å². The van der Waals surface area contributed by atoms with Crippen LogP contribution in [-0.4, -0.2) is 55.4 Å². The highest BCUT2D eigenvalue weighted by Crippen LogP contribution is 2.19. The molecule has 1 unspecified atom stereocenters. The molecule has 0 aromatic heterocycles. The number of piperidine rings is 1. The van der Waals surface area contributed by atoms with Crippen molar-refractivity contribution in [1.29, 1.82) is 0 Å². The summed E-state index contributed by atoms with van der Waals surface area (Å²) in [5.41, 5.74) is 6.10. The molecule has 2 amide bonds.